The third-order valence-corrected chi connectivity index (χ3v) is 5.07. The number of nitrogens with two attached hydrogens (primary N) is 1. The number of nitrogens with zero attached hydrogens (tertiary/aromatic N) is 1. The Balaban J connectivity index is 1.63. The molecular weight excluding hydrogens is 270 g/mol. The molecule has 1 amide bonds. The lowest BCUT2D eigenvalue weighted by Gasteiger charge is -2.20. The van der Waals surface area contributed by atoms with Crippen molar-refractivity contribution >= 4 is 17.2 Å². The highest BCUT2D eigenvalue weighted by Crippen LogP contribution is 2.28. The minimum atomic E-state index is 0.0366. The van der Waals surface area contributed by atoms with E-state index < -0.39 is 0 Å². The standard InChI is InChI=1S/C15H19N3OS/c16-8-1-3-11-5-6-14(20-11)15(19)17-12-7-10-18-9-2-4-13(12)18/h5-6,12-13H,2,4,7-10,16H2,(H,17,19). The highest BCUT2D eigenvalue weighted by molar-refractivity contribution is 7.14. The van der Waals surface area contributed by atoms with E-state index >= 15 is 0 Å². The number of hydrogen-bond donors (Lipinski definition) is 2. The Labute approximate surface area is 123 Å². The van der Waals surface area contributed by atoms with Crippen LogP contribution in [0, 0.1) is 11.8 Å². The summed E-state index contributed by atoms with van der Waals surface area (Å²) in [5.41, 5.74) is 5.35. The maximum Gasteiger partial charge on any atom is 0.261 e. The summed E-state index contributed by atoms with van der Waals surface area (Å²) in [5.74, 6) is 5.81. The van der Waals surface area contributed by atoms with Crippen LogP contribution in [0.3, 0.4) is 0 Å². The predicted octanol–water partition coefficient (Wildman–Crippen LogP) is 1.02. The molecule has 2 atom stereocenters. The maximum atomic E-state index is 12.3. The van der Waals surface area contributed by atoms with Gasteiger partial charge in [-0.05, 0) is 37.9 Å². The molecule has 106 valence electrons. The van der Waals surface area contributed by atoms with Crippen LogP contribution in [0.2, 0.25) is 0 Å². The third kappa shape index (κ3) is 2.73. The van der Waals surface area contributed by atoms with Crippen LogP contribution in [-0.4, -0.2) is 42.5 Å². The summed E-state index contributed by atoms with van der Waals surface area (Å²) >= 11 is 1.43. The van der Waals surface area contributed by atoms with E-state index in [4.69, 9.17) is 5.73 Å². The van der Waals surface area contributed by atoms with Crippen molar-refractivity contribution in [2.24, 2.45) is 5.73 Å². The molecule has 0 aliphatic carbocycles. The molecule has 20 heavy (non-hydrogen) atoms. The third-order valence-electron chi connectivity index (χ3n) is 4.07. The molecule has 0 aromatic carbocycles. The summed E-state index contributed by atoms with van der Waals surface area (Å²) in [4.78, 5) is 16.4. The van der Waals surface area contributed by atoms with E-state index in [2.05, 4.69) is 22.1 Å². The smallest absolute Gasteiger partial charge is 0.261 e. The molecule has 3 rings (SSSR count). The Hall–Kier alpha value is -1.35. The van der Waals surface area contributed by atoms with E-state index in [-0.39, 0.29) is 5.91 Å². The van der Waals surface area contributed by atoms with E-state index in [1.807, 2.05) is 12.1 Å². The van der Waals surface area contributed by atoms with Gasteiger partial charge in [0.2, 0.25) is 0 Å². The molecule has 4 nitrogen and oxygen atoms in total. The van der Waals surface area contributed by atoms with E-state index in [0.717, 1.165) is 22.7 Å². The largest absolute Gasteiger partial charge is 0.347 e. The van der Waals surface area contributed by atoms with Crippen LogP contribution in [0.15, 0.2) is 12.1 Å². The second-order valence-electron chi connectivity index (χ2n) is 5.28. The first-order valence-electron chi connectivity index (χ1n) is 7.11. The Kier molecular flexibility index (Phi) is 4.06. The zero-order valence-electron chi connectivity index (χ0n) is 11.4. The average molecular weight is 289 g/mol. The van der Waals surface area contributed by atoms with E-state index in [0.29, 0.717) is 18.6 Å². The number of hydrogen-bond acceptors (Lipinski definition) is 4. The Morgan fingerprint density at radius 1 is 1.45 bits per heavy atom. The maximum absolute atomic E-state index is 12.3. The van der Waals surface area contributed by atoms with Gasteiger partial charge in [-0.3, -0.25) is 9.69 Å². The molecule has 2 fully saturated rings. The predicted molar refractivity (Wildman–Crippen MR) is 80.7 cm³/mol. The van der Waals surface area contributed by atoms with Gasteiger partial charge in [-0.2, -0.15) is 0 Å². The molecule has 2 aliphatic rings. The Bertz CT molecular complexity index is 557. The summed E-state index contributed by atoms with van der Waals surface area (Å²) in [7, 11) is 0. The van der Waals surface area contributed by atoms with Gasteiger partial charge in [-0.15, -0.1) is 11.3 Å². The van der Waals surface area contributed by atoms with Crippen molar-refractivity contribution in [1.29, 1.82) is 0 Å². The quantitative estimate of drug-likeness (QED) is 0.799. The van der Waals surface area contributed by atoms with Gasteiger partial charge < -0.3 is 11.1 Å². The first-order chi connectivity index (χ1) is 9.78. The topological polar surface area (TPSA) is 58.4 Å². The lowest BCUT2D eigenvalue weighted by molar-refractivity contribution is 0.0933. The van der Waals surface area contributed by atoms with Gasteiger partial charge >= 0.3 is 0 Å². The highest BCUT2D eigenvalue weighted by Gasteiger charge is 2.37. The Morgan fingerprint density at radius 2 is 2.35 bits per heavy atom. The SMILES string of the molecule is NCC#Cc1ccc(C(=O)NC2CCN3CCCC23)s1. The van der Waals surface area contributed by atoms with Crippen molar-refractivity contribution < 1.29 is 4.79 Å². The van der Waals surface area contributed by atoms with Gasteiger partial charge in [-0.1, -0.05) is 11.8 Å². The van der Waals surface area contributed by atoms with Crippen molar-refractivity contribution in [3.8, 4) is 11.8 Å². The van der Waals surface area contributed by atoms with Crippen LogP contribution < -0.4 is 11.1 Å². The minimum Gasteiger partial charge on any atom is -0.347 e. The zero-order chi connectivity index (χ0) is 13.9. The summed E-state index contributed by atoms with van der Waals surface area (Å²) in [6, 6.07) is 4.60. The van der Waals surface area contributed by atoms with Crippen LogP contribution in [0.4, 0.5) is 0 Å². The van der Waals surface area contributed by atoms with Gasteiger partial charge in [0.05, 0.1) is 16.3 Å². The summed E-state index contributed by atoms with van der Waals surface area (Å²) in [5, 5.41) is 3.19. The normalized spacial score (nSPS) is 25.1. The minimum absolute atomic E-state index is 0.0366. The molecular formula is C15H19N3OS. The molecule has 1 aromatic heterocycles. The molecule has 2 unspecified atom stereocenters. The first-order valence-corrected chi connectivity index (χ1v) is 7.93. The van der Waals surface area contributed by atoms with E-state index in [9.17, 15) is 4.79 Å². The van der Waals surface area contributed by atoms with Crippen LogP contribution in [0.1, 0.15) is 33.8 Å². The van der Waals surface area contributed by atoms with E-state index in [1.54, 1.807) is 0 Å². The number of amides is 1. The molecule has 2 aliphatic heterocycles. The monoisotopic (exact) mass is 289 g/mol. The summed E-state index contributed by atoms with van der Waals surface area (Å²) < 4.78 is 0. The van der Waals surface area contributed by atoms with Gasteiger partial charge in [-0.25, -0.2) is 0 Å². The molecule has 5 heteroatoms. The van der Waals surface area contributed by atoms with Crippen LogP contribution in [0.5, 0.6) is 0 Å². The number of fused-ring (bicyclic) bond motifs is 1. The summed E-state index contributed by atoms with van der Waals surface area (Å²) in [6.07, 6.45) is 3.54. The molecule has 0 bridgehead atoms. The van der Waals surface area contributed by atoms with Crippen molar-refractivity contribution in [3.63, 3.8) is 0 Å². The zero-order valence-corrected chi connectivity index (χ0v) is 12.2. The second-order valence-corrected chi connectivity index (χ2v) is 6.37. The van der Waals surface area contributed by atoms with Gasteiger partial charge in [0, 0.05) is 18.6 Å². The number of thiophene rings is 1. The fraction of sp³-hybridized carbons (Fsp3) is 0.533. The second kappa shape index (κ2) is 5.96. The fourth-order valence-electron chi connectivity index (χ4n) is 3.16. The highest BCUT2D eigenvalue weighted by atomic mass is 32.1. The number of rotatable bonds is 2. The molecule has 0 spiro atoms. The number of nitrogens with one attached hydrogen (secondary N) is 1. The molecule has 0 saturated carbocycles. The Morgan fingerprint density at radius 3 is 3.20 bits per heavy atom. The summed E-state index contributed by atoms with van der Waals surface area (Å²) in [6.45, 7) is 2.65. The fourth-order valence-corrected chi connectivity index (χ4v) is 3.94. The van der Waals surface area contributed by atoms with Crippen molar-refractivity contribution in [3.05, 3.63) is 21.9 Å². The lowest BCUT2D eigenvalue weighted by Crippen LogP contribution is -2.42. The lowest BCUT2D eigenvalue weighted by atomic mass is 10.1. The molecule has 3 N–H and O–H groups in total. The molecule has 0 radical (unpaired) electrons. The molecule has 3 heterocycles. The van der Waals surface area contributed by atoms with Crippen molar-refractivity contribution in [2.75, 3.05) is 19.6 Å². The van der Waals surface area contributed by atoms with Gasteiger partial charge in [0.1, 0.15) is 0 Å². The van der Waals surface area contributed by atoms with E-state index in [1.165, 1.54) is 30.7 Å². The van der Waals surface area contributed by atoms with Gasteiger partial charge in [0.25, 0.3) is 5.91 Å². The van der Waals surface area contributed by atoms with Crippen molar-refractivity contribution in [1.82, 2.24) is 10.2 Å². The number of carbonyl (C=O) groups excluding carboxylic acids is 1. The van der Waals surface area contributed by atoms with Crippen molar-refractivity contribution in [2.45, 2.75) is 31.3 Å². The first kappa shape index (κ1) is 13.6. The average Bonchev–Trinajstić information content (AvgIpc) is 3.14. The van der Waals surface area contributed by atoms with Crippen LogP contribution >= 0.6 is 11.3 Å². The molecule has 2 saturated heterocycles. The molecule has 1 aromatic rings. The van der Waals surface area contributed by atoms with Crippen LogP contribution in [-0.2, 0) is 0 Å². The number of carbonyl (C=O) groups is 1. The van der Waals surface area contributed by atoms with Gasteiger partial charge in [0.15, 0.2) is 0 Å². The van der Waals surface area contributed by atoms with Crippen LogP contribution in [0.25, 0.3) is 0 Å².